The lowest BCUT2D eigenvalue weighted by Crippen LogP contribution is -2.37. The van der Waals surface area contributed by atoms with E-state index in [2.05, 4.69) is 33.0 Å². The molecule has 0 aliphatic carbocycles. The Kier molecular flexibility index (Phi) is 18.5. The van der Waals surface area contributed by atoms with E-state index in [1.807, 2.05) is 6.92 Å². The minimum Gasteiger partial charge on any atom is -0.355 e. The molecule has 0 saturated carbocycles. The van der Waals surface area contributed by atoms with Gasteiger partial charge in [-0.25, -0.2) is 0 Å². The summed E-state index contributed by atoms with van der Waals surface area (Å²) in [6.07, 6.45) is 9.11. The summed E-state index contributed by atoms with van der Waals surface area (Å²) in [4.78, 5) is 37.3. The van der Waals surface area contributed by atoms with Crippen LogP contribution in [0.3, 0.4) is 0 Å². The molecule has 0 aromatic rings. The summed E-state index contributed by atoms with van der Waals surface area (Å²) in [6, 6.07) is 0. The Labute approximate surface area is 174 Å². The molecular weight excluding hydrogens is 350 g/mol. The van der Waals surface area contributed by atoms with E-state index in [4.69, 9.17) is 0 Å². The van der Waals surface area contributed by atoms with Crippen LogP contribution in [0.1, 0.15) is 113 Å². The minimum atomic E-state index is -0.240. The van der Waals surface area contributed by atoms with Gasteiger partial charge in [-0.15, -0.1) is 0 Å². The average Bonchev–Trinajstić information content (AvgIpc) is 2.66. The van der Waals surface area contributed by atoms with E-state index < -0.39 is 0 Å². The summed E-state index contributed by atoms with van der Waals surface area (Å²) in [5.41, 5.74) is 0. The van der Waals surface area contributed by atoms with Gasteiger partial charge in [0, 0.05) is 37.1 Å². The second kappa shape index (κ2) is 17.9. The van der Waals surface area contributed by atoms with E-state index in [-0.39, 0.29) is 42.7 Å². The number of hydrogen-bond donors (Lipinski definition) is 1. The molecule has 4 heteroatoms. The molecule has 0 aromatic carbocycles. The Hall–Kier alpha value is -1.19. The van der Waals surface area contributed by atoms with Crippen LogP contribution < -0.4 is 5.32 Å². The van der Waals surface area contributed by atoms with Crippen LogP contribution in [0.15, 0.2) is 0 Å². The van der Waals surface area contributed by atoms with Crippen molar-refractivity contribution in [3.63, 3.8) is 0 Å². The normalized spacial score (nSPS) is 12.0. The molecule has 28 heavy (non-hydrogen) atoms. The van der Waals surface area contributed by atoms with Crippen LogP contribution in [0, 0.1) is 17.8 Å². The van der Waals surface area contributed by atoms with Gasteiger partial charge in [0.15, 0.2) is 0 Å². The highest BCUT2D eigenvalue weighted by atomic mass is 16.2. The number of ketones is 2. The SMILES string of the molecule is C.CCCC(CCC)C(=O)CCC(CNC(=O)C(CCC)CCC)C(=O)CC. The maximum Gasteiger partial charge on any atom is 0.223 e. The highest BCUT2D eigenvalue weighted by Gasteiger charge is 2.23. The lowest BCUT2D eigenvalue weighted by atomic mass is 9.87. The van der Waals surface area contributed by atoms with Crippen molar-refractivity contribution in [1.82, 2.24) is 5.32 Å². The van der Waals surface area contributed by atoms with Crippen LogP contribution in [0.25, 0.3) is 0 Å². The van der Waals surface area contributed by atoms with E-state index in [0.717, 1.165) is 51.4 Å². The lowest BCUT2D eigenvalue weighted by molar-refractivity contribution is -0.126. The second-order valence-corrected chi connectivity index (χ2v) is 7.82. The molecule has 0 aliphatic heterocycles. The zero-order valence-electron chi connectivity index (χ0n) is 18.4. The summed E-state index contributed by atoms with van der Waals surface area (Å²) in [5, 5.41) is 3.00. The molecule has 166 valence electrons. The zero-order valence-corrected chi connectivity index (χ0v) is 18.4. The number of Topliss-reactive ketones (excluding diaryl/α,β-unsaturated/α-hetero) is 2. The van der Waals surface area contributed by atoms with Gasteiger partial charge in [-0.2, -0.15) is 0 Å². The van der Waals surface area contributed by atoms with Gasteiger partial charge in [-0.05, 0) is 32.1 Å². The van der Waals surface area contributed by atoms with Crippen molar-refractivity contribution in [3.05, 3.63) is 0 Å². The van der Waals surface area contributed by atoms with Gasteiger partial charge in [0.2, 0.25) is 5.91 Å². The fourth-order valence-electron chi connectivity index (χ4n) is 3.82. The Morgan fingerprint density at radius 2 is 1.11 bits per heavy atom. The largest absolute Gasteiger partial charge is 0.355 e. The van der Waals surface area contributed by atoms with Crippen molar-refractivity contribution in [1.29, 1.82) is 0 Å². The second-order valence-electron chi connectivity index (χ2n) is 7.82. The molecule has 0 rings (SSSR count). The molecule has 0 aromatic heterocycles. The molecule has 0 heterocycles. The average molecular weight is 398 g/mol. The molecule has 4 nitrogen and oxygen atoms in total. The molecule has 0 aliphatic rings. The first-order valence-electron chi connectivity index (χ1n) is 11.3. The number of rotatable bonds is 17. The third-order valence-corrected chi connectivity index (χ3v) is 5.44. The van der Waals surface area contributed by atoms with Gasteiger partial charge in [0.05, 0.1) is 0 Å². The fraction of sp³-hybridized carbons (Fsp3) is 0.875. The molecule has 0 spiro atoms. The molecule has 0 saturated heterocycles. The van der Waals surface area contributed by atoms with Crippen LogP contribution in [0.4, 0.5) is 0 Å². The van der Waals surface area contributed by atoms with E-state index in [1.165, 1.54) is 0 Å². The number of carbonyl (C=O) groups excluding carboxylic acids is 3. The van der Waals surface area contributed by atoms with Crippen molar-refractivity contribution < 1.29 is 14.4 Å². The van der Waals surface area contributed by atoms with E-state index in [1.54, 1.807) is 0 Å². The fourth-order valence-corrected chi connectivity index (χ4v) is 3.82. The molecule has 1 unspecified atom stereocenters. The predicted molar refractivity (Wildman–Crippen MR) is 119 cm³/mol. The topological polar surface area (TPSA) is 63.2 Å². The van der Waals surface area contributed by atoms with Gasteiger partial charge in [-0.1, -0.05) is 67.7 Å². The van der Waals surface area contributed by atoms with Gasteiger partial charge in [0.1, 0.15) is 11.6 Å². The van der Waals surface area contributed by atoms with Crippen LogP contribution >= 0.6 is 0 Å². The van der Waals surface area contributed by atoms with Gasteiger partial charge >= 0.3 is 0 Å². The standard InChI is InChI=1S/C23H43NO3.CH4/c1-6-11-18(12-7-2)22(26)16-15-20(21(25)10-5)17-24-23(27)19(13-8-3)14-9-4;/h18-20H,6-17H2,1-5H3,(H,24,27);1H4. The van der Waals surface area contributed by atoms with Crippen LogP contribution in [0.2, 0.25) is 0 Å². The third kappa shape index (κ3) is 11.6. The highest BCUT2D eigenvalue weighted by molar-refractivity contribution is 5.85. The first-order chi connectivity index (χ1) is 12.9. The predicted octanol–water partition coefficient (Wildman–Crippen LogP) is 6.12. The van der Waals surface area contributed by atoms with E-state index >= 15 is 0 Å². The molecule has 0 radical (unpaired) electrons. The van der Waals surface area contributed by atoms with Gasteiger partial charge < -0.3 is 5.32 Å². The summed E-state index contributed by atoms with van der Waals surface area (Å²) in [7, 11) is 0. The first-order valence-corrected chi connectivity index (χ1v) is 11.3. The monoisotopic (exact) mass is 397 g/mol. The van der Waals surface area contributed by atoms with Crippen LogP contribution in [0.5, 0.6) is 0 Å². The molecule has 0 fully saturated rings. The summed E-state index contributed by atoms with van der Waals surface area (Å²) in [5.74, 6) is 0.425. The smallest absolute Gasteiger partial charge is 0.223 e. The summed E-state index contributed by atoms with van der Waals surface area (Å²) >= 11 is 0. The third-order valence-electron chi connectivity index (χ3n) is 5.44. The Bertz CT molecular complexity index is 390. The van der Waals surface area contributed by atoms with Crippen LogP contribution in [-0.2, 0) is 14.4 Å². The van der Waals surface area contributed by atoms with Crippen molar-refractivity contribution in [2.24, 2.45) is 17.8 Å². The first kappa shape index (κ1) is 29.0. The maximum absolute atomic E-state index is 12.6. The maximum atomic E-state index is 12.6. The molecule has 1 N–H and O–H groups in total. The van der Waals surface area contributed by atoms with Gasteiger partial charge in [-0.3, -0.25) is 14.4 Å². The lowest BCUT2D eigenvalue weighted by Gasteiger charge is -2.20. The number of hydrogen-bond acceptors (Lipinski definition) is 3. The molecule has 0 bridgehead atoms. The van der Waals surface area contributed by atoms with Crippen molar-refractivity contribution in [2.45, 2.75) is 113 Å². The van der Waals surface area contributed by atoms with Crippen LogP contribution in [-0.4, -0.2) is 24.0 Å². The Morgan fingerprint density at radius 3 is 1.54 bits per heavy atom. The highest BCUT2D eigenvalue weighted by Crippen LogP contribution is 2.20. The van der Waals surface area contributed by atoms with Crippen molar-refractivity contribution in [2.75, 3.05) is 6.54 Å². The number of amides is 1. The molecule has 1 atom stereocenters. The van der Waals surface area contributed by atoms with E-state index in [0.29, 0.717) is 25.8 Å². The Balaban J connectivity index is 0. The summed E-state index contributed by atoms with van der Waals surface area (Å²) < 4.78 is 0. The van der Waals surface area contributed by atoms with Crippen molar-refractivity contribution >= 4 is 17.5 Å². The van der Waals surface area contributed by atoms with Gasteiger partial charge in [0.25, 0.3) is 0 Å². The zero-order chi connectivity index (χ0) is 20.7. The number of carbonyl (C=O) groups is 3. The van der Waals surface area contributed by atoms with Crippen molar-refractivity contribution in [3.8, 4) is 0 Å². The summed E-state index contributed by atoms with van der Waals surface area (Å²) in [6.45, 7) is 10.6. The molecule has 1 amide bonds. The number of nitrogens with one attached hydrogen (secondary N) is 1. The van der Waals surface area contributed by atoms with E-state index in [9.17, 15) is 14.4 Å². The molecular formula is C24H47NO3. The quantitative estimate of drug-likeness (QED) is 0.322. The minimum absolute atomic E-state index is 0. The Morgan fingerprint density at radius 1 is 0.643 bits per heavy atom.